The van der Waals surface area contributed by atoms with Gasteiger partial charge in [0.2, 0.25) is 0 Å². The third-order valence-corrected chi connectivity index (χ3v) is 7.96. The Labute approximate surface area is 198 Å². The molecule has 0 heterocycles. The molecular weight excluding hydrogens is 646 g/mol. The fourth-order valence-electron chi connectivity index (χ4n) is 2.59. The van der Waals surface area contributed by atoms with Crippen LogP contribution >= 0.6 is 0 Å². The molecule has 0 aliphatic rings. The summed E-state index contributed by atoms with van der Waals surface area (Å²) < 4.78 is 270. The zero-order valence-corrected chi connectivity index (χ0v) is 18.7. The molecule has 0 aliphatic carbocycles. The van der Waals surface area contributed by atoms with Crippen molar-refractivity contribution < 1.29 is 104 Å². The van der Waals surface area contributed by atoms with Crippen molar-refractivity contribution in [2.75, 3.05) is 0 Å². The van der Waals surface area contributed by atoms with Gasteiger partial charge in [0.25, 0.3) is 0 Å². The predicted molar refractivity (Wildman–Crippen MR) is 80.5 cm³/mol. The molecule has 0 spiro atoms. The molecule has 0 N–H and O–H groups in total. The molecule has 0 unspecified atom stereocenters. The van der Waals surface area contributed by atoms with Gasteiger partial charge in [0.15, 0.2) is 6.29 Å². The lowest BCUT2D eigenvalue weighted by molar-refractivity contribution is -0.350. The van der Waals surface area contributed by atoms with Crippen molar-refractivity contribution in [3.63, 3.8) is 0 Å². The molecule has 0 fully saturated rings. The second kappa shape index (κ2) is 9.88. The zero-order chi connectivity index (χ0) is 31.4. The third kappa shape index (κ3) is 5.57. The van der Waals surface area contributed by atoms with Gasteiger partial charge in [0, 0.05) is 6.42 Å². The van der Waals surface area contributed by atoms with E-state index in [4.69, 9.17) is 0 Å². The van der Waals surface area contributed by atoms with Gasteiger partial charge in [-0.15, -0.1) is 0 Å². The van der Waals surface area contributed by atoms with Crippen molar-refractivity contribution in [2.45, 2.75) is 72.6 Å². The smallest absolute Gasteiger partial charge is 0.236 e. The van der Waals surface area contributed by atoms with Crippen molar-refractivity contribution in [3.8, 4) is 0 Å². The van der Waals surface area contributed by atoms with Crippen LogP contribution in [0, 0.1) is 0 Å². The van der Waals surface area contributed by atoms with E-state index >= 15 is 0 Å². The van der Waals surface area contributed by atoms with Crippen molar-refractivity contribution in [2.24, 2.45) is 0 Å². The minimum atomic E-state index is -8.61. The van der Waals surface area contributed by atoms with Crippen LogP contribution in [0.3, 0.4) is 0 Å². The summed E-state index contributed by atoms with van der Waals surface area (Å²) >= 11 is 0. The molecule has 0 aromatic rings. The van der Waals surface area contributed by atoms with Crippen LogP contribution in [0.15, 0.2) is 0 Å². The van der Waals surface area contributed by atoms with Crippen LogP contribution in [0.1, 0.15) is 19.8 Å². The molecule has 0 radical (unpaired) electrons. The topological polar surface area (TPSA) is 86.7 Å². The van der Waals surface area contributed by atoms with E-state index in [2.05, 4.69) is 8.37 Å². The minimum absolute atomic E-state index is 0.522. The van der Waals surface area contributed by atoms with E-state index < -0.39 is 85.9 Å². The maximum Gasteiger partial charge on any atom is 0.428 e. The van der Waals surface area contributed by atoms with Gasteiger partial charge in [0.1, 0.15) is 0 Å². The van der Waals surface area contributed by atoms with E-state index in [1.807, 2.05) is 0 Å². The Morgan fingerprint density at radius 2 is 0.658 bits per heavy atom. The van der Waals surface area contributed by atoms with Gasteiger partial charge in [-0.2, -0.15) is 95.9 Å². The van der Waals surface area contributed by atoms with Crippen LogP contribution in [-0.4, -0.2) is 69.7 Å². The van der Waals surface area contributed by atoms with Crippen molar-refractivity contribution in [1.82, 2.24) is 0 Å². The van der Waals surface area contributed by atoms with Crippen molar-refractivity contribution in [1.29, 1.82) is 0 Å². The van der Waals surface area contributed by atoms with E-state index in [1.54, 1.807) is 0 Å². The number of halogens is 18. The summed E-state index contributed by atoms with van der Waals surface area (Å²) in [4.78, 5) is 0. The summed E-state index contributed by atoms with van der Waals surface area (Å²) in [6, 6.07) is 0. The van der Waals surface area contributed by atoms with Crippen molar-refractivity contribution >= 4 is 20.2 Å². The molecule has 38 heavy (non-hydrogen) atoms. The van der Waals surface area contributed by atoms with E-state index in [0.717, 1.165) is 0 Å². The summed E-state index contributed by atoms with van der Waals surface area (Å²) in [6.07, 6.45) is -56.0. The number of rotatable bonds is 8. The SMILES string of the molecule is CCCC(OS(=O)(=O)C(C(F)(F)F)(C(F)(F)F)C(F)(F)F)OS(=O)(=O)C(C(F)(F)F)(C(F)(F)F)C(F)(F)F. The predicted octanol–water partition coefficient (Wildman–Crippen LogP) is 5.66. The Morgan fingerprint density at radius 1 is 0.474 bits per heavy atom. The van der Waals surface area contributed by atoms with Crippen LogP contribution in [0.5, 0.6) is 0 Å². The summed E-state index contributed by atoms with van der Waals surface area (Å²) in [5.74, 6) is 0. The summed E-state index contributed by atoms with van der Waals surface area (Å²) in [7, 11) is -17.2. The van der Waals surface area contributed by atoms with Gasteiger partial charge in [-0.25, -0.2) is 8.37 Å². The van der Waals surface area contributed by atoms with Crippen LogP contribution in [-0.2, 0) is 28.6 Å². The van der Waals surface area contributed by atoms with Crippen LogP contribution < -0.4 is 0 Å². The lowest BCUT2D eigenvalue weighted by Gasteiger charge is -2.39. The summed E-state index contributed by atoms with van der Waals surface area (Å²) in [6.45, 7) is 0.522. The Hall–Kier alpha value is -1.44. The fraction of sp³-hybridized carbons (Fsp3) is 1.00. The highest BCUT2D eigenvalue weighted by atomic mass is 32.2. The van der Waals surface area contributed by atoms with Gasteiger partial charge in [-0.1, -0.05) is 13.3 Å². The molecule has 0 aromatic carbocycles. The molecule has 0 aliphatic heterocycles. The Morgan fingerprint density at radius 3 is 0.789 bits per heavy atom. The highest BCUT2D eigenvalue weighted by Gasteiger charge is 2.93. The average Bonchev–Trinajstić information content (AvgIpc) is 2.43. The molecule has 0 atom stereocenters. The fourth-order valence-corrected chi connectivity index (χ4v) is 5.47. The lowest BCUT2D eigenvalue weighted by Crippen LogP contribution is -2.72. The van der Waals surface area contributed by atoms with Gasteiger partial charge >= 0.3 is 66.8 Å². The second-order valence-corrected chi connectivity index (χ2v) is 10.1. The largest absolute Gasteiger partial charge is 0.428 e. The second-order valence-electron chi connectivity index (χ2n) is 6.67. The molecule has 230 valence electrons. The van der Waals surface area contributed by atoms with Crippen LogP contribution in [0.2, 0.25) is 0 Å². The Kier molecular flexibility index (Phi) is 9.51. The van der Waals surface area contributed by atoms with E-state index in [-0.39, 0.29) is 0 Å². The van der Waals surface area contributed by atoms with Gasteiger partial charge in [0.05, 0.1) is 0 Å². The molecular formula is C12H8F18O6S2. The van der Waals surface area contributed by atoms with E-state index in [1.165, 1.54) is 0 Å². The van der Waals surface area contributed by atoms with Crippen LogP contribution in [0.25, 0.3) is 0 Å². The quantitative estimate of drug-likeness (QED) is 0.191. The van der Waals surface area contributed by atoms with Crippen molar-refractivity contribution in [3.05, 3.63) is 0 Å². The van der Waals surface area contributed by atoms with Gasteiger partial charge in [-0.05, 0) is 0 Å². The molecule has 0 saturated heterocycles. The number of alkyl halides is 18. The molecule has 0 amide bonds. The molecule has 0 bridgehead atoms. The third-order valence-electron chi connectivity index (χ3n) is 4.14. The highest BCUT2D eigenvalue weighted by Crippen LogP contribution is 2.60. The van der Waals surface area contributed by atoms with E-state index in [0.29, 0.717) is 6.92 Å². The normalized spacial score (nSPS) is 16.3. The maximum absolute atomic E-state index is 13.0. The Bertz CT molecular complexity index is 886. The first-order chi connectivity index (χ1) is 16.1. The highest BCUT2D eigenvalue weighted by molar-refractivity contribution is 7.89. The number of hydrogen-bond donors (Lipinski definition) is 0. The molecule has 0 rings (SSSR count). The lowest BCUT2D eigenvalue weighted by atomic mass is 10.1. The first-order valence-corrected chi connectivity index (χ1v) is 11.2. The molecule has 26 heteroatoms. The number of hydrogen-bond acceptors (Lipinski definition) is 6. The average molecular weight is 654 g/mol. The molecule has 0 aromatic heterocycles. The summed E-state index contributed by atoms with van der Waals surface area (Å²) in [5.41, 5.74) is 0. The first kappa shape index (κ1) is 36.6. The zero-order valence-electron chi connectivity index (χ0n) is 17.1. The molecule has 6 nitrogen and oxygen atoms in total. The Balaban J connectivity index is 7.39. The molecule has 0 saturated carbocycles. The van der Waals surface area contributed by atoms with Gasteiger partial charge in [-0.3, -0.25) is 0 Å². The minimum Gasteiger partial charge on any atom is -0.236 e. The maximum atomic E-state index is 13.0. The first-order valence-electron chi connectivity index (χ1n) is 8.40. The summed E-state index contributed by atoms with van der Waals surface area (Å²) in [5, 5.41) is 0. The standard InChI is InChI=1S/C12H8F18O6S2/c1-2-3-4(35-37(31,32)5(7(13,14)15,8(16,17)18)9(19,20)21)36-38(33,34)6(10(22,23)24,11(25,26)27)12(28,29)30/h4H,2-3H2,1H3. The van der Waals surface area contributed by atoms with Crippen LogP contribution in [0.4, 0.5) is 79.0 Å². The van der Waals surface area contributed by atoms with E-state index in [9.17, 15) is 95.9 Å². The van der Waals surface area contributed by atoms with Gasteiger partial charge < -0.3 is 0 Å². The monoisotopic (exact) mass is 654 g/mol.